The largest absolute Gasteiger partial charge is 0.493 e. The van der Waals surface area contributed by atoms with E-state index in [2.05, 4.69) is 34.6 Å². The molecule has 1 aromatic rings. The van der Waals surface area contributed by atoms with Crippen molar-refractivity contribution in [2.24, 2.45) is 0 Å². The molecule has 0 N–H and O–H groups in total. The number of rotatable bonds is 4. The minimum atomic E-state index is 0.330. The molecule has 0 radical (unpaired) electrons. The van der Waals surface area contributed by atoms with Crippen molar-refractivity contribution in [3.8, 4) is 11.5 Å². The van der Waals surface area contributed by atoms with Crippen molar-refractivity contribution < 1.29 is 9.47 Å². The molecule has 0 bridgehead atoms. The van der Waals surface area contributed by atoms with Crippen LogP contribution in [0.15, 0.2) is 0 Å². The van der Waals surface area contributed by atoms with Crippen LogP contribution >= 0.6 is 0 Å². The lowest BCUT2D eigenvalue weighted by Crippen LogP contribution is -2.21. The Bertz CT molecular complexity index is 463. The summed E-state index contributed by atoms with van der Waals surface area (Å²) in [7, 11) is 0. The third-order valence-corrected chi connectivity index (χ3v) is 4.18. The van der Waals surface area contributed by atoms with Crippen LogP contribution in [0.25, 0.3) is 0 Å². The molecule has 0 aliphatic carbocycles. The lowest BCUT2D eigenvalue weighted by atomic mass is 9.92. The van der Waals surface area contributed by atoms with Gasteiger partial charge >= 0.3 is 0 Å². The molecule has 0 aromatic heterocycles. The zero-order chi connectivity index (χ0) is 14.0. The van der Waals surface area contributed by atoms with E-state index in [1.807, 2.05) is 0 Å². The second-order valence-corrected chi connectivity index (χ2v) is 5.68. The van der Waals surface area contributed by atoms with E-state index in [9.17, 15) is 0 Å². The molecule has 2 rings (SSSR count). The maximum atomic E-state index is 6.05. The van der Waals surface area contributed by atoms with Crippen molar-refractivity contribution in [2.75, 3.05) is 6.61 Å². The Kier molecular flexibility index (Phi) is 4.38. The highest BCUT2D eigenvalue weighted by molar-refractivity contribution is 5.58. The standard InChI is InChI=1S/C17H26O2/c1-6-7-10-18-16-12(3)13(4)17-15(14(16)5)9-8-11(2)19-17/h11H,6-10H2,1-5H3. The topological polar surface area (TPSA) is 18.5 Å². The van der Waals surface area contributed by atoms with Crippen LogP contribution in [0.3, 0.4) is 0 Å². The zero-order valence-electron chi connectivity index (χ0n) is 12.9. The molecule has 0 amide bonds. The first-order valence-electron chi connectivity index (χ1n) is 7.48. The first-order chi connectivity index (χ1) is 9.06. The van der Waals surface area contributed by atoms with Crippen molar-refractivity contribution in [3.63, 3.8) is 0 Å². The Labute approximate surface area is 117 Å². The van der Waals surface area contributed by atoms with Crippen LogP contribution in [0.5, 0.6) is 11.5 Å². The molecule has 1 heterocycles. The van der Waals surface area contributed by atoms with Crippen molar-refractivity contribution in [3.05, 3.63) is 22.3 Å². The molecule has 1 atom stereocenters. The molecular formula is C17H26O2. The summed E-state index contributed by atoms with van der Waals surface area (Å²) < 4.78 is 12.1. The molecule has 106 valence electrons. The summed E-state index contributed by atoms with van der Waals surface area (Å²) in [6.45, 7) is 11.6. The normalized spacial score (nSPS) is 17.8. The highest BCUT2D eigenvalue weighted by Crippen LogP contribution is 2.41. The van der Waals surface area contributed by atoms with E-state index in [0.29, 0.717) is 6.10 Å². The van der Waals surface area contributed by atoms with Gasteiger partial charge in [-0.1, -0.05) is 13.3 Å². The number of hydrogen-bond donors (Lipinski definition) is 0. The average molecular weight is 262 g/mol. The van der Waals surface area contributed by atoms with Gasteiger partial charge in [0.1, 0.15) is 11.5 Å². The summed E-state index contributed by atoms with van der Waals surface area (Å²) in [6.07, 6.45) is 4.82. The first-order valence-corrected chi connectivity index (χ1v) is 7.48. The van der Waals surface area contributed by atoms with Crippen molar-refractivity contribution >= 4 is 0 Å². The van der Waals surface area contributed by atoms with Crippen LogP contribution in [-0.4, -0.2) is 12.7 Å². The fourth-order valence-electron chi connectivity index (χ4n) is 2.76. The van der Waals surface area contributed by atoms with Gasteiger partial charge in [-0.3, -0.25) is 0 Å². The smallest absolute Gasteiger partial charge is 0.126 e. The quantitative estimate of drug-likeness (QED) is 0.744. The molecular weight excluding hydrogens is 236 g/mol. The molecule has 2 heteroatoms. The summed E-state index contributed by atoms with van der Waals surface area (Å²) in [5.41, 5.74) is 5.12. The summed E-state index contributed by atoms with van der Waals surface area (Å²) in [6, 6.07) is 0. The molecule has 1 aliphatic heterocycles. The third kappa shape index (κ3) is 2.72. The van der Waals surface area contributed by atoms with Gasteiger partial charge in [0.25, 0.3) is 0 Å². The lowest BCUT2D eigenvalue weighted by Gasteiger charge is -2.29. The average Bonchev–Trinajstić information content (AvgIpc) is 2.40. The number of benzene rings is 1. The van der Waals surface area contributed by atoms with Gasteiger partial charge in [-0.2, -0.15) is 0 Å². The minimum Gasteiger partial charge on any atom is -0.493 e. The highest BCUT2D eigenvalue weighted by Gasteiger charge is 2.24. The SMILES string of the molecule is CCCCOc1c(C)c(C)c2c(c1C)CCC(C)O2. The predicted molar refractivity (Wildman–Crippen MR) is 79.5 cm³/mol. The van der Waals surface area contributed by atoms with Crippen molar-refractivity contribution in [1.29, 1.82) is 0 Å². The third-order valence-electron chi connectivity index (χ3n) is 4.18. The Morgan fingerprint density at radius 3 is 2.58 bits per heavy atom. The Morgan fingerprint density at radius 2 is 1.89 bits per heavy atom. The molecule has 1 aliphatic rings. The van der Waals surface area contributed by atoms with E-state index in [1.54, 1.807) is 0 Å². The molecule has 0 saturated carbocycles. The summed E-state index contributed by atoms with van der Waals surface area (Å²) in [4.78, 5) is 0. The summed E-state index contributed by atoms with van der Waals surface area (Å²) >= 11 is 0. The number of fused-ring (bicyclic) bond motifs is 1. The number of unbranched alkanes of at least 4 members (excludes halogenated alkanes) is 1. The fraction of sp³-hybridized carbons (Fsp3) is 0.647. The van der Waals surface area contributed by atoms with Crippen molar-refractivity contribution in [2.45, 2.75) is 66.4 Å². The van der Waals surface area contributed by atoms with Crippen LogP contribution in [0.1, 0.15) is 55.4 Å². The maximum Gasteiger partial charge on any atom is 0.126 e. The maximum absolute atomic E-state index is 6.05. The van der Waals surface area contributed by atoms with Gasteiger partial charge in [-0.25, -0.2) is 0 Å². The van der Waals surface area contributed by atoms with Gasteiger partial charge < -0.3 is 9.47 Å². The van der Waals surface area contributed by atoms with E-state index in [0.717, 1.165) is 37.4 Å². The highest BCUT2D eigenvalue weighted by atomic mass is 16.5. The predicted octanol–water partition coefficient (Wildman–Crippen LogP) is 4.50. The van der Waals surface area contributed by atoms with E-state index in [1.165, 1.54) is 28.7 Å². The summed E-state index contributed by atoms with van der Waals surface area (Å²) in [5.74, 6) is 2.19. The number of ether oxygens (including phenoxy) is 2. The molecule has 0 spiro atoms. The van der Waals surface area contributed by atoms with Crippen LogP contribution in [0, 0.1) is 20.8 Å². The molecule has 19 heavy (non-hydrogen) atoms. The van der Waals surface area contributed by atoms with E-state index in [-0.39, 0.29) is 0 Å². The molecule has 0 fully saturated rings. The first kappa shape index (κ1) is 14.2. The van der Waals surface area contributed by atoms with Crippen LogP contribution in [0.4, 0.5) is 0 Å². The second kappa shape index (κ2) is 5.85. The van der Waals surface area contributed by atoms with Crippen LogP contribution in [-0.2, 0) is 6.42 Å². The van der Waals surface area contributed by atoms with Crippen LogP contribution in [0.2, 0.25) is 0 Å². The van der Waals surface area contributed by atoms with Crippen molar-refractivity contribution in [1.82, 2.24) is 0 Å². The summed E-state index contributed by atoms with van der Waals surface area (Å²) in [5, 5.41) is 0. The second-order valence-electron chi connectivity index (χ2n) is 5.68. The molecule has 1 aromatic carbocycles. The van der Waals surface area contributed by atoms with Gasteiger partial charge in [0.05, 0.1) is 12.7 Å². The fourth-order valence-corrected chi connectivity index (χ4v) is 2.76. The minimum absolute atomic E-state index is 0.330. The van der Waals surface area contributed by atoms with Gasteiger partial charge in [0.15, 0.2) is 0 Å². The lowest BCUT2D eigenvalue weighted by molar-refractivity contribution is 0.189. The molecule has 2 nitrogen and oxygen atoms in total. The molecule has 0 saturated heterocycles. The van der Waals surface area contributed by atoms with Gasteiger partial charge in [-0.15, -0.1) is 0 Å². The van der Waals surface area contributed by atoms with Gasteiger partial charge in [-0.05, 0) is 63.6 Å². The van der Waals surface area contributed by atoms with Gasteiger partial charge in [0.2, 0.25) is 0 Å². The number of hydrogen-bond acceptors (Lipinski definition) is 2. The van der Waals surface area contributed by atoms with Gasteiger partial charge in [0, 0.05) is 5.56 Å². The Hall–Kier alpha value is -1.18. The Morgan fingerprint density at radius 1 is 1.16 bits per heavy atom. The monoisotopic (exact) mass is 262 g/mol. The van der Waals surface area contributed by atoms with Crippen LogP contribution < -0.4 is 9.47 Å². The zero-order valence-corrected chi connectivity index (χ0v) is 12.9. The Balaban J connectivity index is 2.38. The van der Waals surface area contributed by atoms with E-state index < -0.39 is 0 Å². The molecule has 1 unspecified atom stereocenters. The van der Waals surface area contributed by atoms with E-state index in [4.69, 9.17) is 9.47 Å². The van der Waals surface area contributed by atoms with E-state index >= 15 is 0 Å².